The average molecular weight is 384 g/mol. The first kappa shape index (κ1) is 20.0. The van der Waals surface area contributed by atoms with E-state index in [4.69, 9.17) is 4.74 Å². The Morgan fingerprint density at radius 3 is 2.44 bits per heavy atom. The molecular formula is C17H15F3N2O5. The third kappa shape index (κ3) is 5.09. The molecule has 2 rings (SSSR count). The third-order valence-corrected chi connectivity index (χ3v) is 3.58. The van der Waals surface area contributed by atoms with E-state index in [1.165, 1.54) is 44.5 Å². The minimum Gasteiger partial charge on any atom is -0.496 e. The number of amides is 1. The summed E-state index contributed by atoms with van der Waals surface area (Å²) in [6.45, 7) is -0.211. The normalized spacial score (nSPS) is 11.0. The lowest BCUT2D eigenvalue weighted by Crippen LogP contribution is -2.27. The molecule has 0 saturated carbocycles. The highest BCUT2D eigenvalue weighted by atomic mass is 19.4. The van der Waals surface area contributed by atoms with Gasteiger partial charge in [0.05, 0.1) is 17.6 Å². The van der Waals surface area contributed by atoms with Gasteiger partial charge in [-0.3, -0.25) is 14.9 Å². The predicted molar refractivity (Wildman–Crippen MR) is 88.6 cm³/mol. The van der Waals surface area contributed by atoms with Gasteiger partial charge in [-0.2, -0.15) is 0 Å². The molecule has 0 bridgehead atoms. The van der Waals surface area contributed by atoms with Gasteiger partial charge in [0.15, 0.2) is 0 Å². The van der Waals surface area contributed by atoms with Gasteiger partial charge in [-0.1, -0.05) is 18.2 Å². The van der Waals surface area contributed by atoms with Crippen LogP contribution in [0.5, 0.6) is 11.5 Å². The van der Waals surface area contributed by atoms with Crippen LogP contribution in [0.4, 0.5) is 18.9 Å². The number of para-hydroxylation sites is 1. The van der Waals surface area contributed by atoms with Crippen LogP contribution in [0.25, 0.3) is 0 Å². The number of alkyl halides is 3. The fourth-order valence-electron chi connectivity index (χ4n) is 2.37. The van der Waals surface area contributed by atoms with Crippen LogP contribution in [0.1, 0.15) is 15.9 Å². The van der Waals surface area contributed by atoms with E-state index in [0.29, 0.717) is 0 Å². The zero-order valence-electron chi connectivity index (χ0n) is 14.3. The quantitative estimate of drug-likeness (QED) is 0.559. The summed E-state index contributed by atoms with van der Waals surface area (Å²) in [4.78, 5) is 24.0. The molecule has 7 nitrogen and oxygen atoms in total. The van der Waals surface area contributed by atoms with Crippen LogP contribution in [0.15, 0.2) is 42.5 Å². The summed E-state index contributed by atoms with van der Waals surface area (Å²) < 4.78 is 46.6. The summed E-state index contributed by atoms with van der Waals surface area (Å²) in [5, 5.41) is 10.9. The van der Waals surface area contributed by atoms with Crippen molar-refractivity contribution in [2.24, 2.45) is 0 Å². The maximum atomic E-state index is 12.7. The second-order valence-corrected chi connectivity index (χ2v) is 5.46. The molecule has 1 amide bonds. The number of hydrogen-bond donors (Lipinski definition) is 0. The largest absolute Gasteiger partial charge is 0.573 e. The average Bonchev–Trinajstić information content (AvgIpc) is 2.60. The Kier molecular flexibility index (Phi) is 5.88. The van der Waals surface area contributed by atoms with Crippen molar-refractivity contribution in [3.63, 3.8) is 0 Å². The van der Waals surface area contributed by atoms with Crippen molar-refractivity contribution in [1.82, 2.24) is 4.90 Å². The van der Waals surface area contributed by atoms with Crippen molar-refractivity contribution >= 4 is 11.6 Å². The smallest absolute Gasteiger partial charge is 0.496 e. The van der Waals surface area contributed by atoms with Gasteiger partial charge in [-0.15, -0.1) is 13.2 Å². The molecule has 0 atom stereocenters. The molecule has 0 fully saturated rings. The molecule has 0 aliphatic heterocycles. The minimum absolute atomic E-state index is 0.0802. The van der Waals surface area contributed by atoms with Crippen molar-refractivity contribution in [2.75, 3.05) is 14.2 Å². The first-order valence-corrected chi connectivity index (χ1v) is 7.54. The van der Waals surface area contributed by atoms with Crippen molar-refractivity contribution in [1.29, 1.82) is 0 Å². The molecule has 0 heterocycles. The number of nitro groups is 1. The number of nitro benzene ring substituents is 1. The number of ether oxygens (including phenoxy) is 2. The second kappa shape index (κ2) is 7.94. The molecule has 144 valence electrons. The molecule has 0 aromatic heterocycles. The molecule has 10 heteroatoms. The van der Waals surface area contributed by atoms with Crippen molar-refractivity contribution < 1.29 is 32.4 Å². The van der Waals surface area contributed by atoms with E-state index in [1.54, 1.807) is 0 Å². The highest BCUT2D eigenvalue weighted by molar-refractivity contribution is 5.97. The topological polar surface area (TPSA) is 81.9 Å². The highest BCUT2D eigenvalue weighted by Crippen LogP contribution is 2.29. The van der Waals surface area contributed by atoms with E-state index < -0.39 is 22.9 Å². The standard InChI is InChI=1S/C17H15F3N2O5/c1-21(10-11-5-3-4-6-14(11)27-17(18,19)20)16(23)13-9-12(22(24)25)7-8-15(13)26-2/h3-9H,10H2,1-2H3. The number of carbonyl (C=O) groups is 1. The molecule has 2 aromatic rings. The van der Waals surface area contributed by atoms with Crippen LogP contribution in [0.2, 0.25) is 0 Å². The lowest BCUT2D eigenvalue weighted by atomic mass is 10.1. The van der Waals surface area contributed by atoms with E-state index in [2.05, 4.69) is 4.74 Å². The van der Waals surface area contributed by atoms with E-state index in [0.717, 1.165) is 17.0 Å². The van der Waals surface area contributed by atoms with Crippen LogP contribution in [-0.2, 0) is 6.54 Å². The summed E-state index contributed by atoms with van der Waals surface area (Å²) in [6, 6.07) is 8.91. The fraction of sp³-hybridized carbons (Fsp3) is 0.235. The number of non-ortho nitro benzene ring substituents is 1. The van der Waals surface area contributed by atoms with E-state index >= 15 is 0 Å². The van der Waals surface area contributed by atoms with Gasteiger partial charge >= 0.3 is 6.36 Å². The first-order chi connectivity index (χ1) is 12.6. The molecule has 0 aliphatic rings. The Morgan fingerprint density at radius 2 is 1.85 bits per heavy atom. The molecule has 0 spiro atoms. The minimum atomic E-state index is -4.87. The van der Waals surface area contributed by atoms with Crippen LogP contribution >= 0.6 is 0 Å². The second-order valence-electron chi connectivity index (χ2n) is 5.46. The Bertz CT molecular complexity index is 855. The van der Waals surface area contributed by atoms with Gasteiger partial charge in [-0.25, -0.2) is 0 Å². The lowest BCUT2D eigenvalue weighted by molar-refractivity contribution is -0.384. The first-order valence-electron chi connectivity index (χ1n) is 7.54. The summed E-state index contributed by atoms with van der Waals surface area (Å²) in [5.74, 6) is -0.981. The molecule has 0 saturated heterocycles. The van der Waals surface area contributed by atoms with Gasteiger partial charge in [0, 0.05) is 31.3 Å². The van der Waals surface area contributed by atoms with Gasteiger partial charge in [0.2, 0.25) is 0 Å². The fourth-order valence-corrected chi connectivity index (χ4v) is 2.37. The highest BCUT2D eigenvalue weighted by Gasteiger charge is 2.32. The Balaban J connectivity index is 2.29. The number of carbonyl (C=O) groups excluding carboxylic acids is 1. The summed E-state index contributed by atoms with van der Waals surface area (Å²) in [6.07, 6.45) is -4.87. The van der Waals surface area contributed by atoms with Crippen LogP contribution in [0.3, 0.4) is 0 Å². The van der Waals surface area contributed by atoms with E-state index in [9.17, 15) is 28.1 Å². The van der Waals surface area contributed by atoms with Crippen LogP contribution in [0, 0.1) is 10.1 Å². The number of benzene rings is 2. The van der Waals surface area contributed by atoms with E-state index in [1.807, 2.05) is 0 Å². The van der Waals surface area contributed by atoms with Crippen LogP contribution < -0.4 is 9.47 Å². The number of methoxy groups -OCH3 is 1. The Hall–Kier alpha value is -3.30. The van der Waals surface area contributed by atoms with Gasteiger partial charge < -0.3 is 14.4 Å². The molecule has 0 aliphatic carbocycles. The van der Waals surface area contributed by atoms with E-state index in [-0.39, 0.29) is 29.1 Å². The van der Waals surface area contributed by atoms with Crippen molar-refractivity contribution in [3.8, 4) is 11.5 Å². The van der Waals surface area contributed by atoms with Gasteiger partial charge in [0.1, 0.15) is 11.5 Å². The Morgan fingerprint density at radius 1 is 1.19 bits per heavy atom. The summed E-state index contributed by atoms with van der Waals surface area (Å²) in [7, 11) is 2.65. The maximum Gasteiger partial charge on any atom is 0.573 e. The Labute approximate surface area is 152 Å². The molecule has 27 heavy (non-hydrogen) atoms. The summed E-state index contributed by atoms with van der Waals surface area (Å²) in [5.41, 5.74) is -0.271. The number of rotatable bonds is 6. The molecule has 0 radical (unpaired) electrons. The zero-order chi connectivity index (χ0) is 20.2. The monoisotopic (exact) mass is 384 g/mol. The zero-order valence-corrected chi connectivity index (χ0v) is 14.3. The maximum absolute atomic E-state index is 12.7. The van der Waals surface area contributed by atoms with Gasteiger partial charge in [-0.05, 0) is 12.1 Å². The van der Waals surface area contributed by atoms with Crippen molar-refractivity contribution in [2.45, 2.75) is 12.9 Å². The van der Waals surface area contributed by atoms with Crippen molar-refractivity contribution in [3.05, 3.63) is 63.7 Å². The molecule has 0 unspecified atom stereocenters. The SMILES string of the molecule is COc1ccc([N+](=O)[O-])cc1C(=O)N(C)Cc1ccccc1OC(F)(F)F. The molecule has 2 aromatic carbocycles. The predicted octanol–water partition coefficient (Wildman–Crippen LogP) is 3.77. The molecular weight excluding hydrogens is 369 g/mol. The summed E-state index contributed by atoms with van der Waals surface area (Å²) >= 11 is 0. The van der Waals surface area contributed by atoms with Crippen LogP contribution in [-0.4, -0.2) is 36.3 Å². The number of hydrogen-bond acceptors (Lipinski definition) is 5. The number of halogens is 3. The lowest BCUT2D eigenvalue weighted by Gasteiger charge is -2.20. The number of nitrogens with zero attached hydrogens (tertiary/aromatic N) is 2. The van der Waals surface area contributed by atoms with Gasteiger partial charge in [0.25, 0.3) is 11.6 Å². The third-order valence-electron chi connectivity index (χ3n) is 3.58. The molecule has 0 N–H and O–H groups in total.